The fraction of sp³-hybridized carbons (Fsp3) is 0.700. The van der Waals surface area contributed by atoms with Crippen molar-refractivity contribution in [3.63, 3.8) is 0 Å². The van der Waals surface area contributed by atoms with E-state index in [4.69, 9.17) is 10.6 Å². The van der Waals surface area contributed by atoms with E-state index in [1.54, 1.807) is 0 Å². The molecule has 0 radical (unpaired) electrons. The van der Waals surface area contributed by atoms with Crippen LogP contribution in [0.3, 0.4) is 0 Å². The molecule has 0 saturated heterocycles. The van der Waals surface area contributed by atoms with Gasteiger partial charge in [0.2, 0.25) is 5.96 Å². The number of ether oxygens (including phenoxy) is 1. The van der Waals surface area contributed by atoms with Crippen LogP contribution in [0.4, 0.5) is 0 Å². The van der Waals surface area contributed by atoms with Gasteiger partial charge in [-0.2, -0.15) is 5.10 Å². The SMILES string of the molecule is CCOCCCN=C(NN)NC(C)c1ncn[nH]1. The Morgan fingerprint density at radius 1 is 1.67 bits per heavy atom. The van der Waals surface area contributed by atoms with Gasteiger partial charge in [0, 0.05) is 19.8 Å². The van der Waals surface area contributed by atoms with Gasteiger partial charge >= 0.3 is 0 Å². The van der Waals surface area contributed by atoms with Gasteiger partial charge in [-0.25, -0.2) is 10.8 Å². The maximum atomic E-state index is 5.39. The number of guanidine groups is 1. The summed E-state index contributed by atoms with van der Waals surface area (Å²) in [7, 11) is 0. The number of hydrogen-bond acceptors (Lipinski definition) is 5. The molecular formula is C10H21N7O. The lowest BCUT2D eigenvalue weighted by Gasteiger charge is -2.14. The Bertz CT molecular complexity index is 338. The van der Waals surface area contributed by atoms with Crippen molar-refractivity contribution in [3.8, 4) is 0 Å². The zero-order chi connectivity index (χ0) is 13.2. The molecule has 102 valence electrons. The Hall–Kier alpha value is -1.67. The fourth-order valence-electron chi connectivity index (χ4n) is 1.33. The summed E-state index contributed by atoms with van der Waals surface area (Å²) in [5.41, 5.74) is 2.52. The number of nitrogens with two attached hydrogens (primary N) is 1. The average molecular weight is 255 g/mol. The van der Waals surface area contributed by atoms with Gasteiger partial charge in [0.15, 0.2) is 0 Å². The largest absolute Gasteiger partial charge is 0.382 e. The first kappa shape index (κ1) is 14.4. The molecule has 18 heavy (non-hydrogen) atoms. The number of hydrogen-bond donors (Lipinski definition) is 4. The Labute approximate surface area is 106 Å². The minimum absolute atomic E-state index is 0.0470. The molecule has 0 fully saturated rings. The number of aliphatic imine (C=N–C) groups is 1. The second-order valence-corrected chi connectivity index (χ2v) is 3.66. The molecule has 8 nitrogen and oxygen atoms in total. The van der Waals surface area contributed by atoms with Crippen molar-refractivity contribution >= 4 is 5.96 Å². The molecule has 0 saturated carbocycles. The molecule has 5 N–H and O–H groups in total. The molecule has 0 aliphatic rings. The van der Waals surface area contributed by atoms with E-state index in [0.29, 0.717) is 19.1 Å². The number of nitrogens with zero attached hydrogens (tertiary/aromatic N) is 3. The second-order valence-electron chi connectivity index (χ2n) is 3.66. The minimum atomic E-state index is -0.0470. The number of H-pyrrole nitrogens is 1. The predicted molar refractivity (Wildman–Crippen MR) is 68.7 cm³/mol. The third-order valence-electron chi connectivity index (χ3n) is 2.25. The van der Waals surface area contributed by atoms with E-state index in [-0.39, 0.29) is 6.04 Å². The summed E-state index contributed by atoms with van der Waals surface area (Å²) in [6, 6.07) is -0.0470. The van der Waals surface area contributed by atoms with Gasteiger partial charge in [-0.3, -0.25) is 15.5 Å². The van der Waals surface area contributed by atoms with Gasteiger partial charge < -0.3 is 10.1 Å². The van der Waals surface area contributed by atoms with Crippen LogP contribution in [-0.2, 0) is 4.74 Å². The molecule has 0 aromatic carbocycles. The van der Waals surface area contributed by atoms with Crippen molar-refractivity contribution in [2.24, 2.45) is 10.8 Å². The summed E-state index contributed by atoms with van der Waals surface area (Å²) in [5, 5.41) is 9.67. The van der Waals surface area contributed by atoms with E-state index in [1.165, 1.54) is 6.33 Å². The topological polar surface area (TPSA) is 113 Å². The zero-order valence-electron chi connectivity index (χ0n) is 10.8. The quantitative estimate of drug-likeness (QED) is 0.175. The smallest absolute Gasteiger partial charge is 0.206 e. The lowest BCUT2D eigenvalue weighted by atomic mass is 10.3. The normalized spacial score (nSPS) is 13.4. The van der Waals surface area contributed by atoms with Gasteiger partial charge in [0.1, 0.15) is 12.2 Å². The maximum Gasteiger partial charge on any atom is 0.206 e. The number of hydrazine groups is 1. The van der Waals surface area contributed by atoms with E-state index < -0.39 is 0 Å². The third-order valence-corrected chi connectivity index (χ3v) is 2.25. The van der Waals surface area contributed by atoms with Crippen LogP contribution in [0.15, 0.2) is 11.3 Å². The first-order chi connectivity index (χ1) is 8.77. The van der Waals surface area contributed by atoms with Crippen LogP contribution in [0.1, 0.15) is 32.1 Å². The van der Waals surface area contributed by atoms with Crippen molar-refractivity contribution in [2.45, 2.75) is 26.3 Å². The predicted octanol–water partition coefficient (Wildman–Crippen LogP) is -0.299. The van der Waals surface area contributed by atoms with Crippen molar-refractivity contribution in [1.29, 1.82) is 0 Å². The van der Waals surface area contributed by atoms with Gasteiger partial charge in [0.25, 0.3) is 0 Å². The molecule has 0 aliphatic carbocycles. The van der Waals surface area contributed by atoms with Crippen LogP contribution >= 0.6 is 0 Å². The van der Waals surface area contributed by atoms with Crippen LogP contribution in [-0.4, -0.2) is 40.9 Å². The molecule has 0 bridgehead atoms. The van der Waals surface area contributed by atoms with Crippen molar-refractivity contribution < 1.29 is 4.74 Å². The van der Waals surface area contributed by atoms with Crippen LogP contribution in [0.25, 0.3) is 0 Å². The molecule has 1 aromatic rings. The molecule has 1 rings (SSSR count). The van der Waals surface area contributed by atoms with E-state index in [0.717, 1.165) is 18.9 Å². The highest BCUT2D eigenvalue weighted by atomic mass is 16.5. The van der Waals surface area contributed by atoms with E-state index in [1.807, 2.05) is 13.8 Å². The molecule has 0 amide bonds. The van der Waals surface area contributed by atoms with Gasteiger partial charge in [-0.15, -0.1) is 0 Å². The van der Waals surface area contributed by atoms with Gasteiger partial charge in [-0.1, -0.05) is 0 Å². The monoisotopic (exact) mass is 255 g/mol. The van der Waals surface area contributed by atoms with Crippen molar-refractivity contribution in [3.05, 3.63) is 12.2 Å². The summed E-state index contributed by atoms with van der Waals surface area (Å²) in [5.74, 6) is 6.65. The Kier molecular flexibility index (Phi) is 6.74. The van der Waals surface area contributed by atoms with E-state index >= 15 is 0 Å². The van der Waals surface area contributed by atoms with Crippen LogP contribution in [0.5, 0.6) is 0 Å². The first-order valence-corrected chi connectivity index (χ1v) is 5.98. The van der Waals surface area contributed by atoms with Gasteiger partial charge in [-0.05, 0) is 20.3 Å². The summed E-state index contributed by atoms with van der Waals surface area (Å²) in [6.07, 6.45) is 2.32. The third kappa shape index (κ3) is 5.11. The number of aromatic amines is 1. The molecule has 1 unspecified atom stereocenters. The standard InChI is InChI=1S/C10H21N7O/c1-3-18-6-4-5-12-10(16-11)15-8(2)9-13-7-14-17-9/h7-8H,3-6,11H2,1-2H3,(H2,12,15,16)(H,13,14,17). The lowest BCUT2D eigenvalue weighted by molar-refractivity contribution is 0.146. The van der Waals surface area contributed by atoms with Crippen molar-refractivity contribution in [2.75, 3.05) is 19.8 Å². The summed E-state index contributed by atoms with van der Waals surface area (Å²) in [4.78, 5) is 8.34. The lowest BCUT2D eigenvalue weighted by Crippen LogP contribution is -2.43. The summed E-state index contributed by atoms with van der Waals surface area (Å²) < 4.78 is 5.22. The van der Waals surface area contributed by atoms with Crippen molar-refractivity contribution in [1.82, 2.24) is 25.9 Å². The fourth-order valence-corrected chi connectivity index (χ4v) is 1.33. The molecule has 1 atom stereocenters. The molecule has 0 aliphatic heterocycles. The van der Waals surface area contributed by atoms with E-state index in [9.17, 15) is 0 Å². The zero-order valence-corrected chi connectivity index (χ0v) is 10.8. The number of aromatic nitrogens is 3. The highest BCUT2D eigenvalue weighted by molar-refractivity contribution is 5.79. The Morgan fingerprint density at radius 3 is 3.11 bits per heavy atom. The molecule has 1 heterocycles. The minimum Gasteiger partial charge on any atom is -0.382 e. The highest BCUT2D eigenvalue weighted by Crippen LogP contribution is 2.02. The molecule has 8 heteroatoms. The summed E-state index contributed by atoms with van der Waals surface area (Å²) in [6.45, 7) is 5.99. The maximum absolute atomic E-state index is 5.39. The Balaban J connectivity index is 2.34. The van der Waals surface area contributed by atoms with Crippen LogP contribution in [0, 0.1) is 0 Å². The molecular weight excluding hydrogens is 234 g/mol. The van der Waals surface area contributed by atoms with Gasteiger partial charge in [0.05, 0.1) is 6.04 Å². The van der Waals surface area contributed by atoms with Crippen LogP contribution in [0.2, 0.25) is 0 Å². The first-order valence-electron chi connectivity index (χ1n) is 5.98. The summed E-state index contributed by atoms with van der Waals surface area (Å²) >= 11 is 0. The second kappa shape index (κ2) is 8.43. The highest BCUT2D eigenvalue weighted by Gasteiger charge is 2.09. The average Bonchev–Trinajstić information content (AvgIpc) is 2.91. The van der Waals surface area contributed by atoms with Crippen LogP contribution < -0.4 is 16.6 Å². The molecule has 0 spiro atoms. The van der Waals surface area contributed by atoms with E-state index in [2.05, 4.69) is 30.9 Å². The number of nitrogens with one attached hydrogen (secondary N) is 3. The molecule has 1 aromatic heterocycles. The number of rotatable bonds is 7. The Morgan fingerprint density at radius 2 is 2.50 bits per heavy atom.